The van der Waals surface area contributed by atoms with Crippen molar-refractivity contribution in [3.63, 3.8) is 0 Å². The van der Waals surface area contributed by atoms with Crippen LogP contribution in [0.25, 0.3) is 0 Å². The summed E-state index contributed by atoms with van der Waals surface area (Å²) in [7, 11) is 3.67. The average molecular weight is 419 g/mol. The lowest BCUT2D eigenvalue weighted by molar-refractivity contribution is 0.102. The van der Waals surface area contributed by atoms with E-state index in [1.807, 2.05) is 18.2 Å². The van der Waals surface area contributed by atoms with Crippen LogP contribution < -0.4 is 20.7 Å². The van der Waals surface area contributed by atoms with Crippen LogP contribution in [-0.4, -0.2) is 51.1 Å². The first-order valence-electron chi connectivity index (χ1n) is 8.46. The minimum absolute atomic E-state index is 0.232. The number of nitrogens with zero attached hydrogens (tertiary/aromatic N) is 2. The molecule has 0 aliphatic carbocycles. The molecule has 0 saturated carbocycles. The Morgan fingerprint density at radius 1 is 1.15 bits per heavy atom. The molecule has 0 atom stereocenters. The second kappa shape index (κ2) is 7.97. The van der Waals surface area contributed by atoms with E-state index in [4.69, 9.17) is 10.5 Å². The van der Waals surface area contributed by atoms with Crippen LogP contribution in [0.5, 0.6) is 5.75 Å². The predicted molar refractivity (Wildman–Crippen MR) is 109 cm³/mol. The number of likely N-dealkylation sites (N-methyl/N-ethyl adjacent to an activating group) is 1. The zero-order chi connectivity index (χ0) is 18.7. The number of rotatable bonds is 4. The molecule has 3 rings (SSSR count). The summed E-state index contributed by atoms with van der Waals surface area (Å²) in [6, 6.07) is 11.0. The number of halogens is 1. The predicted octanol–water partition coefficient (Wildman–Crippen LogP) is 3.04. The van der Waals surface area contributed by atoms with Gasteiger partial charge in [-0.25, -0.2) is 0 Å². The summed E-state index contributed by atoms with van der Waals surface area (Å²) in [5.41, 5.74) is 8.73. The van der Waals surface area contributed by atoms with Crippen LogP contribution in [0.1, 0.15) is 10.4 Å². The Bertz CT molecular complexity index is 804. The van der Waals surface area contributed by atoms with Gasteiger partial charge in [0.15, 0.2) is 0 Å². The van der Waals surface area contributed by atoms with Crippen LogP contribution in [0.2, 0.25) is 0 Å². The Morgan fingerprint density at radius 3 is 2.58 bits per heavy atom. The Balaban J connectivity index is 1.88. The highest BCUT2D eigenvalue weighted by Crippen LogP contribution is 2.31. The van der Waals surface area contributed by atoms with E-state index in [0.29, 0.717) is 22.7 Å². The largest absolute Gasteiger partial charge is 0.496 e. The van der Waals surface area contributed by atoms with Gasteiger partial charge in [-0.3, -0.25) is 4.79 Å². The lowest BCUT2D eigenvalue weighted by atomic mass is 10.1. The molecule has 0 aromatic heterocycles. The van der Waals surface area contributed by atoms with Crippen LogP contribution in [0, 0.1) is 0 Å². The molecule has 0 spiro atoms. The Hall–Kier alpha value is -2.25. The summed E-state index contributed by atoms with van der Waals surface area (Å²) < 4.78 is 6.13. The number of nitrogen functional groups attached to an aromatic ring is 1. The first kappa shape index (κ1) is 18.5. The molecule has 1 aliphatic heterocycles. The number of carbonyl (C=O) groups excluding carboxylic acids is 1. The highest BCUT2D eigenvalue weighted by Gasteiger charge is 2.20. The van der Waals surface area contributed by atoms with Gasteiger partial charge in [0.25, 0.3) is 5.91 Å². The van der Waals surface area contributed by atoms with E-state index in [0.717, 1.165) is 36.3 Å². The van der Waals surface area contributed by atoms with E-state index in [2.05, 4.69) is 38.1 Å². The van der Waals surface area contributed by atoms with E-state index in [1.54, 1.807) is 25.3 Å². The second-order valence-electron chi connectivity index (χ2n) is 6.37. The molecular formula is C19H23BrN4O2. The monoisotopic (exact) mass is 418 g/mol. The van der Waals surface area contributed by atoms with Crippen LogP contribution in [0.15, 0.2) is 40.9 Å². The molecule has 0 radical (unpaired) electrons. The number of piperazine rings is 1. The van der Waals surface area contributed by atoms with Gasteiger partial charge < -0.3 is 25.6 Å². The lowest BCUT2D eigenvalue weighted by Crippen LogP contribution is -2.44. The summed E-state index contributed by atoms with van der Waals surface area (Å²) in [6.45, 7) is 3.78. The van der Waals surface area contributed by atoms with Crippen molar-refractivity contribution in [2.75, 3.05) is 56.3 Å². The molecule has 1 amide bonds. The number of hydrogen-bond acceptors (Lipinski definition) is 5. The first-order chi connectivity index (χ1) is 12.5. The molecule has 7 heteroatoms. The fourth-order valence-corrected chi connectivity index (χ4v) is 3.39. The van der Waals surface area contributed by atoms with Crippen LogP contribution in [0.3, 0.4) is 0 Å². The van der Waals surface area contributed by atoms with Gasteiger partial charge in [-0.1, -0.05) is 15.9 Å². The van der Waals surface area contributed by atoms with Crippen molar-refractivity contribution in [2.45, 2.75) is 0 Å². The second-order valence-corrected chi connectivity index (χ2v) is 7.28. The zero-order valence-electron chi connectivity index (χ0n) is 15.0. The Kier molecular flexibility index (Phi) is 5.68. The van der Waals surface area contributed by atoms with Crippen molar-refractivity contribution in [3.8, 4) is 5.75 Å². The molecule has 1 saturated heterocycles. The molecule has 1 fully saturated rings. The van der Waals surface area contributed by atoms with E-state index in [-0.39, 0.29) is 5.91 Å². The van der Waals surface area contributed by atoms with Crippen LogP contribution in [-0.2, 0) is 0 Å². The number of methoxy groups -OCH3 is 1. The Labute approximate surface area is 162 Å². The van der Waals surface area contributed by atoms with Crippen molar-refractivity contribution in [1.29, 1.82) is 0 Å². The highest BCUT2D eigenvalue weighted by atomic mass is 79.9. The molecule has 1 heterocycles. The maximum Gasteiger partial charge on any atom is 0.259 e. The summed E-state index contributed by atoms with van der Waals surface area (Å²) >= 11 is 3.41. The van der Waals surface area contributed by atoms with Crippen LogP contribution >= 0.6 is 15.9 Å². The SMILES string of the molecule is COc1ccc(Br)cc1C(=O)Nc1cc(N)ccc1N1CCN(C)CC1. The Morgan fingerprint density at radius 2 is 1.88 bits per heavy atom. The standard InChI is InChI=1S/C19H23BrN4O2/c1-23-7-9-24(10-8-23)17-5-4-14(21)12-16(17)22-19(25)15-11-13(20)3-6-18(15)26-2/h3-6,11-12H,7-10,21H2,1-2H3,(H,22,25). The number of nitrogens with one attached hydrogen (secondary N) is 1. The van der Waals surface area contributed by atoms with E-state index >= 15 is 0 Å². The van der Waals surface area contributed by atoms with Crippen molar-refractivity contribution in [2.24, 2.45) is 0 Å². The molecule has 0 unspecified atom stereocenters. The molecule has 0 bridgehead atoms. The van der Waals surface area contributed by atoms with Gasteiger partial charge in [-0.2, -0.15) is 0 Å². The van der Waals surface area contributed by atoms with Gasteiger partial charge in [0.05, 0.1) is 24.0 Å². The quantitative estimate of drug-likeness (QED) is 0.746. The third-order valence-electron chi connectivity index (χ3n) is 4.52. The first-order valence-corrected chi connectivity index (χ1v) is 9.25. The minimum Gasteiger partial charge on any atom is -0.496 e. The third kappa shape index (κ3) is 4.11. The number of hydrogen-bond donors (Lipinski definition) is 2. The number of carbonyl (C=O) groups is 1. The molecule has 26 heavy (non-hydrogen) atoms. The van der Waals surface area contributed by atoms with E-state index in [9.17, 15) is 4.79 Å². The fourth-order valence-electron chi connectivity index (χ4n) is 3.02. The molecule has 2 aromatic rings. The number of nitrogens with two attached hydrogens (primary N) is 1. The number of anilines is 3. The van der Waals surface area contributed by atoms with E-state index < -0.39 is 0 Å². The van der Waals surface area contributed by atoms with Crippen molar-refractivity contribution < 1.29 is 9.53 Å². The fraction of sp³-hybridized carbons (Fsp3) is 0.316. The van der Waals surface area contributed by atoms with E-state index in [1.165, 1.54) is 0 Å². The maximum absolute atomic E-state index is 12.9. The van der Waals surface area contributed by atoms with Gasteiger partial charge in [0.2, 0.25) is 0 Å². The smallest absolute Gasteiger partial charge is 0.259 e. The van der Waals surface area contributed by atoms with Crippen molar-refractivity contribution >= 4 is 38.9 Å². The number of ether oxygens (including phenoxy) is 1. The molecule has 1 aliphatic rings. The molecule has 3 N–H and O–H groups in total. The van der Waals surface area contributed by atoms with Gasteiger partial charge in [-0.15, -0.1) is 0 Å². The minimum atomic E-state index is -0.232. The van der Waals surface area contributed by atoms with Crippen molar-refractivity contribution in [1.82, 2.24) is 4.90 Å². The maximum atomic E-state index is 12.9. The zero-order valence-corrected chi connectivity index (χ0v) is 16.5. The van der Waals surface area contributed by atoms with Gasteiger partial charge >= 0.3 is 0 Å². The summed E-state index contributed by atoms with van der Waals surface area (Å²) in [4.78, 5) is 17.4. The van der Waals surface area contributed by atoms with Crippen LogP contribution in [0.4, 0.5) is 17.1 Å². The van der Waals surface area contributed by atoms with Gasteiger partial charge in [-0.05, 0) is 43.4 Å². The number of amides is 1. The summed E-state index contributed by atoms with van der Waals surface area (Å²) in [5.74, 6) is 0.292. The van der Waals surface area contributed by atoms with Gasteiger partial charge in [0, 0.05) is 36.3 Å². The lowest BCUT2D eigenvalue weighted by Gasteiger charge is -2.35. The third-order valence-corrected chi connectivity index (χ3v) is 5.01. The average Bonchev–Trinajstić information content (AvgIpc) is 2.63. The van der Waals surface area contributed by atoms with Crippen molar-refractivity contribution in [3.05, 3.63) is 46.4 Å². The molecule has 138 valence electrons. The topological polar surface area (TPSA) is 70.8 Å². The molecular weight excluding hydrogens is 396 g/mol. The summed E-state index contributed by atoms with van der Waals surface area (Å²) in [5, 5.41) is 3.00. The van der Waals surface area contributed by atoms with Gasteiger partial charge in [0.1, 0.15) is 5.75 Å². The molecule has 2 aromatic carbocycles. The highest BCUT2D eigenvalue weighted by molar-refractivity contribution is 9.10. The normalized spacial score (nSPS) is 15.0. The molecule has 6 nitrogen and oxygen atoms in total. The summed E-state index contributed by atoms with van der Waals surface area (Å²) in [6.07, 6.45) is 0. The number of benzene rings is 2.